The number of Topliss-reactive ketones (excluding diaryl/α,β-unsaturated/α-hetero) is 1. The number of likely N-dealkylation sites (tertiary alicyclic amines) is 1. The average Bonchev–Trinajstić information content (AvgIpc) is 3.16. The third-order valence-corrected chi connectivity index (χ3v) is 6.70. The Labute approximate surface area is 220 Å². The number of nitrogens with zero attached hydrogens (tertiary/aromatic N) is 1. The van der Waals surface area contributed by atoms with E-state index in [1.807, 2.05) is 31.2 Å². The SMILES string of the molecule is COc1ccc(CCN2C(=O)C(=O)/C(=C(/O)c3cc(C)cc(Cl)c3OC)C2c2ccccc2OC)cc1. The zero-order valence-electron chi connectivity index (χ0n) is 21.1. The molecule has 0 bridgehead atoms. The van der Waals surface area contributed by atoms with Crippen LogP contribution >= 0.6 is 11.6 Å². The molecule has 1 atom stereocenters. The predicted molar refractivity (Wildman–Crippen MR) is 141 cm³/mol. The molecule has 1 unspecified atom stereocenters. The Morgan fingerprint density at radius 1 is 0.973 bits per heavy atom. The minimum absolute atomic E-state index is 0.0517. The topological polar surface area (TPSA) is 85.3 Å². The van der Waals surface area contributed by atoms with Gasteiger partial charge in [-0.25, -0.2) is 0 Å². The highest BCUT2D eigenvalue weighted by molar-refractivity contribution is 6.46. The molecule has 0 saturated carbocycles. The van der Waals surface area contributed by atoms with E-state index in [9.17, 15) is 14.7 Å². The van der Waals surface area contributed by atoms with Crippen LogP contribution in [-0.2, 0) is 16.0 Å². The number of aliphatic hydroxyl groups is 1. The quantitative estimate of drug-likeness (QED) is 0.245. The number of para-hydroxylation sites is 1. The van der Waals surface area contributed by atoms with Crippen LogP contribution in [0.4, 0.5) is 0 Å². The van der Waals surface area contributed by atoms with Gasteiger partial charge in [0, 0.05) is 12.1 Å². The molecule has 1 aliphatic rings. The number of hydrogen-bond donors (Lipinski definition) is 1. The molecule has 8 heteroatoms. The second-order valence-corrected chi connectivity index (χ2v) is 9.07. The number of benzene rings is 3. The monoisotopic (exact) mass is 521 g/mol. The summed E-state index contributed by atoms with van der Waals surface area (Å²) in [5.41, 5.74) is 2.49. The van der Waals surface area contributed by atoms with E-state index in [1.165, 1.54) is 19.1 Å². The average molecular weight is 522 g/mol. The normalized spacial score (nSPS) is 16.7. The summed E-state index contributed by atoms with van der Waals surface area (Å²) < 4.78 is 16.2. The molecule has 37 heavy (non-hydrogen) atoms. The summed E-state index contributed by atoms with van der Waals surface area (Å²) in [6.07, 6.45) is 0.488. The summed E-state index contributed by atoms with van der Waals surface area (Å²) in [7, 11) is 4.54. The van der Waals surface area contributed by atoms with Crippen LogP contribution in [0, 0.1) is 6.92 Å². The minimum atomic E-state index is -0.876. The second-order valence-electron chi connectivity index (χ2n) is 8.66. The summed E-state index contributed by atoms with van der Waals surface area (Å²) in [4.78, 5) is 28.3. The summed E-state index contributed by atoms with van der Waals surface area (Å²) in [6, 6.07) is 17.1. The summed E-state index contributed by atoms with van der Waals surface area (Å²) in [6.45, 7) is 2.05. The molecule has 1 heterocycles. The van der Waals surface area contributed by atoms with Crippen LogP contribution in [0.1, 0.15) is 28.3 Å². The molecular formula is C29H28ClNO6. The molecule has 1 N–H and O–H groups in total. The van der Waals surface area contributed by atoms with Gasteiger partial charge in [0.1, 0.15) is 23.0 Å². The van der Waals surface area contributed by atoms with Crippen molar-refractivity contribution in [1.29, 1.82) is 0 Å². The van der Waals surface area contributed by atoms with Gasteiger partial charge in [0.25, 0.3) is 11.7 Å². The molecule has 3 aromatic carbocycles. The fourth-order valence-corrected chi connectivity index (χ4v) is 4.98. The summed E-state index contributed by atoms with van der Waals surface area (Å²) in [5, 5.41) is 11.8. The third kappa shape index (κ3) is 5.00. The van der Waals surface area contributed by atoms with Crippen molar-refractivity contribution in [2.45, 2.75) is 19.4 Å². The van der Waals surface area contributed by atoms with E-state index in [0.29, 0.717) is 17.7 Å². The van der Waals surface area contributed by atoms with E-state index >= 15 is 0 Å². The number of aryl methyl sites for hydroxylation is 1. The summed E-state index contributed by atoms with van der Waals surface area (Å²) >= 11 is 6.37. The van der Waals surface area contributed by atoms with Gasteiger partial charge in [0.05, 0.1) is 43.5 Å². The van der Waals surface area contributed by atoms with Gasteiger partial charge in [-0.05, 0) is 54.8 Å². The molecule has 1 aliphatic heterocycles. The van der Waals surface area contributed by atoms with Crippen LogP contribution in [0.25, 0.3) is 5.76 Å². The number of hydrogen-bond acceptors (Lipinski definition) is 6. The number of aliphatic hydroxyl groups excluding tert-OH is 1. The largest absolute Gasteiger partial charge is 0.507 e. The number of rotatable bonds is 8. The van der Waals surface area contributed by atoms with Gasteiger partial charge in [0.2, 0.25) is 0 Å². The van der Waals surface area contributed by atoms with Crippen molar-refractivity contribution in [3.8, 4) is 17.2 Å². The highest BCUT2D eigenvalue weighted by atomic mass is 35.5. The van der Waals surface area contributed by atoms with Crippen molar-refractivity contribution in [3.05, 3.63) is 93.5 Å². The first kappa shape index (κ1) is 26.1. The van der Waals surface area contributed by atoms with Crippen molar-refractivity contribution in [2.24, 2.45) is 0 Å². The molecule has 0 aromatic heterocycles. The first-order valence-corrected chi connectivity index (χ1v) is 12.1. The second kappa shape index (κ2) is 11.0. The Balaban J connectivity index is 1.85. The lowest BCUT2D eigenvalue weighted by atomic mass is 9.93. The standard InChI is InChI=1S/C29H28ClNO6/c1-17-15-21(28(37-4)22(30)16-17)26(32)24-25(20-7-5-6-8-23(20)36-3)31(29(34)27(24)33)14-13-18-9-11-19(35-2)12-10-18/h5-12,15-16,25,32H,13-14H2,1-4H3/b26-24+. The molecule has 1 saturated heterocycles. The third-order valence-electron chi connectivity index (χ3n) is 6.42. The highest BCUT2D eigenvalue weighted by Crippen LogP contribution is 2.44. The lowest BCUT2D eigenvalue weighted by molar-refractivity contribution is -0.139. The van der Waals surface area contributed by atoms with Gasteiger partial charge in [-0.2, -0.15) is 0 Å². The maximum atomic E-state index is 13.4. The van der Waals surface area contributed by atoms with Gasteiger partial charge in [-0.1, -0.05) is 41.9 Å². The molecule has 1 fully saturated rings. The maximum absolute atomic E-state index is 13.4. The number of halogens is 1. The Hall–Kier alpha value is -3.97. The van der Waals surface area contributed by atoms with E-state index in [0.717, 1.165) is 16.9 Å². The van der Waals surface area contributed by atoms with Gasteiger partial charge in [-0.15, -0.1) is 0 Å². The van der Waals surface area contributed by atoms with Crippen molar-refractivity contribution in [2.75, 3.05) is 27.9 Å². The highest BCUT2D eigenvalue weighted by Gasteiger charge is 2.47. The number of amides is 1. The molecule has 1 amide bonds. The van der Waals surface area contributed by atoms with E-state index in [-0.39, 0.29) is 34.2 Å². The van der Waals surface area contributed by atoms with E-state index in [2.05, 4.69) is 0 Å². The van der Waals surface area contributed by atoms with Crippen molar-refractivity contribution in [1.82, 2.24) is 4.90 Å². The number of carbonyl (C=O) groups is 2. The van der Waals surface area contributed by atoms with E-state index in [4.69, 9.17) is 25.8 Å². The minimum Gasteiger partial charge on any atom is -0.507 e. The Bertz CT molecular complexity index is 1370. The first-order valence-electron chi connectivity index (χ1n) is 11.7. The molecular weight excluding hydrogens is 494 g/mol. The Morgan fingerprint density at radius 3 is 2.32 bits per heavy atom. The van der Waals surface area contributed by atoms with Crippen molar-refractivity contribution >= 4 is 29.1 Å². The fourth-order valence-electron chi connectivity index (χ4n) is 4.63. The molecule has 0 radical (unpaired) electrons. The molecule has 3 aromatic rings. The molecule has 0 aliphatic carbocycles. The summed E-state index contributed by atoms with van der Waals surface area (Å²) in [5.74, 6) is -0.420. The van der Waals surface area contributed by atoms with Crippen LogP contribution in [0.2, 0.25) is 5.02 Å². The van der Waals surface area contributed by atoms with Crippen LogP contribution in [-0.4, -0.2) is 49.6 Å². The lowest BCUT2D eigenvalue weighted by Gasteiger charge is -2.27. The maximum Gasteiger partial charge on any atom is 0.295 e. The van der Waals surface area contributed by atoms with Crippen LogP contribution in [0.15, 0.2) is 66.2 Å². The fraction of sp³-hybridized carbons (Fsp3) is 0.241. The predicted octanol–water partition coefficient (Wildman–Crippen LogP) is 5.34. The van der Waals surface area contributed by atoms with Gasteiger partial charge < -0.3 is 24.2 Å². The van der Waals surface area contributed by atoms with Gasteiger partial charge in [0.15, 0.2) is 0 Å². The number of carbonyl (C=O) groups excluding carboxylic acids is 2. The van der Waals surface area contributed by atoms with Crippen LogP contribution in [0.3, 0.4) is 0 Å². The van der Waals surface area contributed by atoms with Crippen LogP contribution in [0.5, 0.6) is 17.2 Å². The number of methoxy groups -OCH3 is 3. The Kier molecular flexibility index (Phi) is 7.74. The smallest absolute Gasteiger partial charge is 0.295 e. The zero-order valence-corrected chi connectivity index (χ0v) is 21.8. The Morgan fingerprint density at radius 2 is 1.68 bits per heavy atom. The van der Waals surface area contributed by atoms with Crippen molar-refractivity contribution in [3.63, 3.8) is 0 Å². The van der Waals surface area contributed by atoms with E-state index in [1.54, 1.807) is 43.5 Å². The van der Waals surface area contributed by atoms with Crippen LogP contribution < -0.4 is 14.2 Å². The molecule has 4 rings (SSSR count). The number of ketones is 1. The van der Waals surface area contributed by atoms with Gasteiger partial charge in [-0.3, -0.25) is 9.59 Å². The van der Waals surface area contributed by atoms with Gasteiger partial charge >= 0.3 is 0 Å². The van der Waals surface area contributed by atoms with E-state index < -0.39 is 17.7 Å². The molecule has 0 spiro atoms. The number of ether oxygens (including phenoxy) is 3. The zero-order chi connectivity index (χ0) is 26.7. The first-order chi connectivity index (χ1) is 17.8. The van der Waals surface area contributed by atoms with Crippen molar-refractivity contribution < 1.29 is 28.9 Å². The lowest BCUT2D eigenvalue weighted by Crippen LogP contribution is -2.31. The molecule has 192 valence electrons. The molecule has 7 nitrogen and oxygen atoms in total.